The molecule has 0 fully saturated rings. The molecule has 2 rings (SSSR count). The Labute approximate surface area is 118 Å². The van der Waals surface area contributed by atoms with Crippen LogP contribution < -0.4 is 5.56 Å². The van der Waals surface area contributed by atoms with Gasteiger partial charge in [0.1, 0.15) is 9.50 Å². The van der Waals surface area contributed by atoms with E-state index < -0.39 is 0 Å². The first kappa shape index (κ1) is 13.4. The molecule has 0 saturated carbocycles. The molecule has 5 heteroatoms. The number of rotatable bonds is 3. The summed E-state index contributed by atoms with van der Waals surface area (Å²) in [7, 11) is 0. The van der Waals surface area contributed by atoms with Crippen LogP contribution in [0.1, 0.15) is 16.7 Å². The van der Waals surface area contributed by atoms with Crippen LogP contribution in [0, 0.1) is 13.8 Å². The highest BCUT2D eigenvalue weighted by atomic mass is 79.9. The van der Waals surface area contributed by atoms with Crippen LogP contribution in [0.4, 0.5) is 0 Å². The molecular weight excluding hydrogens is 312 g/mol. The lowest BCUT2D eigenvalue weighted by Crippen LogP contribution is -2.07. The van der Waals surface area contributed by atoms with Crippen molar-refractivity contribution < 1.29 is 0 Å². The summed E-state index contributed by atoms with van der Waals surface area (Å²) in [6.07, 6.45) is 1.43. The molecule has 94 valence electrons. The molecule has 2 aromatic rings. The van der Waals surface area contributed by atoms with Crippen LogP contribution in [-0.2, 0) is 5.75 Å². The maximum atomic E-state index is 11.4. The Morgan fingerprint density at radius 3 is 2.61 bits per heavy atom. The summed E-state index contributed by atoms with van der Waals surface area (Å²) >= 11 is 4.81. The zero-order valence-electron chi connectivity index (χ0n) is 10.2. The molecule has 0 aliphatic carbocycles. The van der Waals surface area contributed by atoms with Gasteiger partial charge in [0.05, 0.1) is 6.33 Å². The molecule has 1 aromatic heterocycles. The van der Waals surface area contributed by atoms with Crippen LogP contribution >= 0.6 is 27.7 Å². The van der Waals surface area contributed by atoms with Crippen molar-refractivity contribution in [1.82, 2.24) is 9.97 Å². The standard InChI is InChI=1S/C13H13BrN2OS/c1-8-3-9(2)5-10(4-8)6-18-13-11(14)12(17)15-7-16-13/h3-5,7H,6H2,1-2H3,(H,15,16,17). The Bertz CT molecular complexity index is 604. The summed E-state index contributed by atoms with van der Waals surface area (Å²) in [5.74, 6) is 0.803. The highest BCUT2D eigenvalue weighted by Gasteiger charge is 2.06. The quantitative estimate of drug-likeness (QED) is 0.694. The fourth-order valence-corrected chi connectivity index (χ4v) is 3.15. The average Bonchev–Trinajstić information content (AvgIpc) is 2.30. The van der Waals surface area contributed by atoms with Gasteiger partial charge in [0.15, 0.2) is 0 Å². The minimum absolute atomic E-state index is 0.145. The van der Waals surface area contributed by atoms with Gasteiger partial charge >= 0.3 is 0 Å². The zero-order chi connectivity index (χ0) is 13.1. The van der Waals surface area contributed by atoms with E-state index in [4.69, 9.17) is 0 Å². The number of aromatic amines is 1. The van der Waals surface area contributed by atoms with E-state index in [0.717, 1.165) is 10.8 Å². The van der Waals surface area contributed by atoms with Crippen molar-refractivity contribution in [3.8, 4) is 0 Å². The van der Waals surface area contributed by atoms with Crippen molar-refractivity contribution in [3.63, 3.8) is 0 Å². The third-order valence-corrected chi connectivity index (χ3v) is 4.48. The molecule has 0 atom stereocenters. The molecule has 0 amide bonds. The number of aromatic nitrogens is 2. The second-order valence-electron chi connectivity index (χ2n) is 4.14. The molecule has 0 radical (unpaired) electrons. The Morgan fingerprint density at radius 1 is 1.28 bits per heavy atom. The Balaban J connectivity index is 2.16. The molecule has 1 aromatic carbocycles. The smallest absolute Gasteiger partial charge is 0.266 e. The van der Waals surface area contributed by atoms with E-state index in [1.165, 1.54) is 23.0 Å². The predicted octanol–water partition coefficient (Wildman–Crippen LogP) is 3.44. The summed E-state index contributed by atoms with van der Waals surface area (Å²) in [6.45, 7) is 4.17. The van der Waals surface area contributed by atoms with Gasteiger partial charge in [-0.3, -0.25) is 4.79 Å². The molecule has 3 nitrogen and oxygen atoms in total. The fourth-order valence-electron chi connectivity index (χ4n) is 1.77. The van der Waals surface area contributed by atoms with Gasteiger partial charge in [-0.2, -0.15) is 0 Å². The van der Waals surface area contributed by atoms with Crippen LogP contribution in [0.5, 0.6) is 0 Å². The van der Waals surface area contributed by atoms with Crippen LogP contribution in [0.3, 0.4) is 0 Å². The molecule has 0 spiro atoms. The normalized spacial score (nSPS) is 10.6. The van der Waals surface area contributed by atoms with Crippen molar-refractivity contribution in [2.24, 2.45) is 0 Å². The average molecular weight is 325 g/mol. The van der Waals surface area contributed by atoms with Crippen molar-refractivity contribution in [2.75, 3.05) is 0 Å². The Kier molecular flexibility index (Phi) is 4.24. The van der Waals surface area contributed by atoms with Gasteiger partial charge in [-0.1, -0.05) is 29.3 Å². The van der Waals surface area contributed by atoms with Gasteiger partial charge in [-0.15, -0.1) is 11.8 Å². The molecule has 1 N–H and O–H groups in total. The highest BCUT2D eigenvalue weighted by Crippen LogP contribution is 2.25. The summed E-state index contributed by atoms with van der Waals surface area (Å²) in [6, 6.07) is 6.46. The molecule has 18 heavy (non-hydrogen) atoms. The maximum absolute atomic E-state index is 11.4. The van der Waals surface area contributed by atoms with Gasteiger partial charge in [0, 0.05) is 5.75 Å². The first-order valence-electron chi connectivity index (χ1n) is 5.49. The Hall–Kier alpha value is -1.07. The van der Waals surface area contributed by atoms with Crippen molar-refractivity contribution in [3.05, 3.63) is 56.0 Å². The monoisotopic (exact) mass is 324 g/mol. The number of aryl methyl sites for hydroxylation is 2. The number of hydrogen-bond acceptors (Lipinski definition) is 3. The van der Waals surface area contributed by atoms with E-state index in [1.54, 1.807) is 11.8 Å². The van der Waals surface area contributed by atoms with Gasteiger partial charge < -0.3 is 4.98 Å². The zero-order valence-corrected chi connectivity index (χ0v) is 12.6. The first-order valence-corrected chi connectivity index (χ1v) is 7.27. The number of halogens is 1. The second kappa shape index (κ2) is 5.71. The summed E-state index contributed by atoms with van der Waals surface area (Å²) < 4.78 is 0.499. The molecule has 0 unspecified atom stereocenters. The fraction of sp³-hybridized carbons (Fsp3) is 0.231. The van der Waals surface area contributed by atoms with Crippen LogP contribution in [0.25, 0.3) is 0 Å². The van der Waals surface area contributed by atoms with E-state index in [9.17, 15) is 4.79 Å². The molecule has 0 aliphatic heterocycles. The third kappa shape index (κ3) is 3.23. The maximum Gasteiger partial charge on any atom is 0.266 e. The number of hydrogen-bond donors (Lipinski definition) is 1. The minimum Gasteiger partial charge on any atom is -0.312 e. The number of benzene rings is 1. The highest BCUT2D eigenvalue weighted by molar-refractivity contribution is 9.10. The molecular formula is C13H13BrN2OS. The summed E-state index contributed by atoms with van der Waals surface area (Å²) in [5, 5.41) is 0.720. The number of H-pyrrole nitrogens is 1. The third-order valence-electron chi connectivity index (χ3n) is 2.42. The van der Waals surface area contributed by atoms with Crippen molar-refractivity contribution in [1.29, 1.82) is 0 Å². The van der Waals surface area contributed by atoms with E-state index >= 15 is 0 Å². The number of thioether (sulfide) groups is 1. The first-order chi connectivity index (χ1) is 8.56. The van der Waals surface area contributed by atoms with Gasteiger partial charge in [0.2, 0.25) is 0 Å². The van der Waals surface area contributed by atoms with E-state index in [0.29, 0.717) is 4.47 Å². The lowest BCUT2D eigenvalue weighted by Gasteiger charge is -2.05. The second-order valence-corrected chi connectivity index (χ2v) is 5.89. The molecule has 1 heterocycles. The van der Waals surface area contributed by atoms with Crippen molar-refractivity contribution in [2.45, 2.75) is 24.6 Å². The largest absolute Gasteiger partial charge is 0.312 e. The number of nitrogens with one attached hydrogen (secondary N) is 1. The topological polar surface area (TPSA) is 45.8 Å². The van der Waals surface area contributed by atoms with Crippen molar-refractivity contribution >= 4 is 27.7 Å². The lowest BCUT2D eigenvalue weighted by molar-refractivity contribution is 0.990. The van der Waals surface area contributed by atoms with Gasteiger partial charge in [-0.05, 0) is 35.3 Å². The van der Waals surface area contributed by atoms with Crippen LogP contribution in [0.2, 0.25) is 0 Å². The predicted molar refractivity (Wildman–Crippen MR) is 78.0 cm³/mol. The summed E-state index contributed by atoms with van der Waals surface area (Å²) in [5.41, 5.74) is 3.60. The van der Waals surface area contributed by atoms with Crippen LogP contribution in [-0.4, -0.2) is 9.97 Å². The van der Waals surface area contributed by atoms with E-state index in [2.05, 4.69) is 57.9 Å². The molecule has 0 saturated heterocycles. The minimum atomic E-state index is -0.145. The van der Waals surface area contributed by atoms with Crippen LogP contribution in [0.15, 0.2) is 38.8 Å². The number of nitrogens with zero attached hydrogens (tertiary/aromatic N) is 1. The SMILES string of the molecule is Cc1cc(C)cc(CSc2nc[nH]c(=O)c2Br)c1. The Morgan fingerprint density at radius 2 is 1.94 bits per heavy atom. The van der Waals surface area contributed by atoms with E-state index in [1.807, 2.05) is 0 Å². The molecule has 0 aliphatic rings. The van der Waals surface area contributed by atoms with E-state index in [-0.39, 0.29) is 5.56 Å². The molecule has 0 bridgehead atoms. The lowest BCUT2D eigenvalue weighted by atomic mass is 10.1. The summed E-state index contributed by atoms with van der Waals surface area (Å²) in [4.78, 5) is 18.1. The van der Waals surface area contributed by atoms with Gasteiger partial charge in [0.25, 0.3) is 5.56 Å². The van der Waals surface area contributed by atoms with Gasteiger partial charge in [-0.25, -0.2) is 4.98 Å².